The fraction of sp³-hybridized carbons (Fsp3) is 0.286. The van der Waals surface area contributed by atoms with E-state index in [1.807, 2.05) is 0 Å². The van der Waals surface area contributed by atoms with Crippen molar-refractivity contribution in [1.29, 1.82) is 0 Å². The second-order valence-corrected chi connectivity index (χ2v) is 6.65. The summed E-state index contributed by atoms with van der Waals surface area (Å²) in [6, 6.07) is 15.5. The minimum Gasteiger partial charge on any atom is -0.247 e. The summed E-state index contributed by atoms with van der Waals surface area (Å²) in [4.78, 5) is 4.99. The Labute approximate surface area is 133 Å². The normalized spacial score (nSPS) is 11.4. The van der Waals surface area contributed by atoms with Gasteiger partial charge in [0.25, 0.3) is 0 Å². The van der Waals surface area contributed by atoms with Crippen LogP contribution in [0, 0.1) is 20.8 Å². The van der Waals surface area contributed by atoms with E-state index in [4.69, 9.17) is 4.98 Å². The zero-order chi connectivity index (χ0) is 15.9. The van der Waals surface area contributed by atoms with Gasteiger partial charge < -0.3 is 0 Å². The molecular weight excluding hydrogens is 266 g/mol. The average Bonchev–Trinajstić information content (AvgIpc) is 2.44. The smallest absolute Gasteiger partial charge is 0.0744 e. The zero-order valence-electron chi connectivity index (χ0n) is 14.1. The van der Waals surface area contributed by atoms with Crippen LogP contribution in [0.4, 0.5) is 0 Å². The molecule has 0 N–H and O–H groups in total. The van der Waals surface area contributed by atoms with Crippen LogP contribution in [-0.2, 0) is 0 Å². The maximum Gasteiger partial charge on any atom is 0.0744 e. The van der Waals surface area contributed by atoms with E-state index in [0.717, 1.165) is 11.2 Å². The molecule has 0 aliphatic carbocycles. The first kappa shape index (κ1) is 14.8. The summed E-state index contributed by atoms with van der Waals surface area (Å²) in [5.74, 6) is 0.452. The van der Waals surface area contributed by atoms with Gasteiger partial charge in [0.1, 0.15) is 0 Å². The maximum absolute atomic E-state index is 4.99. The van der Waals surface area contributed by atoms with Gasteiger partial charge in [-0.05, 0) is 62.6 Å². The summed E-state index contributed by atoms with van der Waals surface area (Å²) in [5.41, 5.74) is 8.60. The number of pyridine rings is 1. The van der Waals surface area contributed by atoms with Crippen LogP contribution >= 0.6 is 0 Å². The second kappa shape index (κ2) is 5.57. The quantitative estimate of drug-likeness (QED) is 0.568. The number of aromatic nitrogens is 1. The number of nitrogens with zero attached hydrogens (tertiary/aromatic N) is 1. The van der Waals surface area contributed by atoms with Crippen LogP contribution in [0.3, 0.4) is 0 Å². The molecular formula is C21H23N. The number of fused-ring (bicyclic) bond motifs is 1. The fourth-order valence-corrected chi connectivity index (χ4v) is 3.09. The molecule has 0 atom stereocenters. The molecule has 0 aliphatic heterocycles. The van der Waals surface area contributed by atoms with Gasteiger partial charge in [-0.15, -0.1) is 0 Å². The van der Waals surface area contributed by atoms with Crippen LogP contribution < -0.4 is 0 Å². The lowest BCUT2D eigenvalue weighted by molar-refractivity contribution is 0.865. The topological polar surface area (TPSA) is 12.9 Å². The Morgan fingerprint density at radius 3 is 2.09 bits per heavy atom. The van der Waals surface area contributed by atoms with E-state index in [2.05, 4.69) is 77.1 Å². The lowest BCUT2D eigenvalue weighted by Crippen LogP contribution is -1.98. The predicted octanol–water partition coefficient (Wildman–Crippen LogP) is 5.95. The molecule has 112 valence electrons. The van der Waals surface area contributed by atoms with Gasteiger partial charge >= 0.3 is 0 Å². The Hall–Kier alpha value is -2.15. The van der Waals surface area contributed by atoms with Gasteiger partial charge in [-0.3, -0.25) is 0 Å². The third-order valence-corrected chi connectivity index (χ3v) is 4.12. The molecule has 1 nitrogen and oxygen atoms in total. The van der Waals surface area contributed by atoms with E-state index in [0.29, 0.717) is 5.92 Å². The lowest BCUT2D eigenvalue weighted by atomic mass is 9.93. The monoisotopic (exact) mass is 289 g/mol. The average molecular weight is 289 g/mol. The summed E-state index contributed by atoms with van der Waals surface area (Å²) < 4.78 is 0. The molecule has 0 radical (unpaired) electrons. The highest BCUT2D eigenvalue weighted by atomic mass is 14.7. The van der Waals surface area contributed by atoms with Gasteiger partial charge in [-0.25, -0.2) is 4.98 Å². The van der Waals surface area contributed by atoms with E-state index in [1.54, 1.807) is 0 Å². The number of aryl methyl sites for hydroxylation is 3. The minimum absolute atomic E-state index is 0.452. The molecule has 0 bridgehead atoms. The molecule has 22 heavy (non-hydrogen) atoms. The Bertz CT molecular complexity index is 824. The number of rotatable bonds is 2. The Balaban J connectivity index is 2.31. The number of hydrogen-bond acceptors (Lipinski definition) is 1. The molecule has 0 saturated heterocycles. The SMILES string of the molecule is Cc1cc(C)cc(-c2nc3ccc(C)cc3cc2C(C)C)c1. The van der Waals surface area contributed by atoms with Crippen molar-refractivity contribution in [2.75, 3.05) is 0 Å². The minimum atomic E-state index is 0.452. The molecule has 0 fully saturated rings. The number of benzene rings is 2. The van der Waals surface area contributed by atoms with Crippen molar-refractivity contribution < 1.29 is 0 Å². The molecule has 1 aromatic heterocycles. The molecule has 0 spiro atoms. The maximum atomic E-state index is 4.99. The largest absolute Gasteiger partial charge is 0.247 e. The first-order chi connectivity index (χ1) is 10.4. The number of hydrogen-bond donors (Lipinski definition) is 0. The van der Waals surface area contributed by atoms with Crippen molar-refractivity contribution in [2.45, 2.75) is 40.5 Å². The van der Waals surface area contributed by atoms with Crippen molar-refractivity contribution in [3.05, 3.63) is 64.7 Å². The standard InChI is InChI=1S/C21H23N/c1-13(2)19-12-17-9-14(3)6-7-20(17)22-21(19)18-10-15(4)8-16(5)11-18/h6-13H,1-5H3. The highest BCUT2D eigenvalue weighted by Gasteiger charge is 2.13. The molecule has 0 amide bonds. The predicted molar refractivity (Wildman–Crippen MR) is 95.5 cm³/mol. The summed E-state index contributed by atoms with van der Waals surface area (Å²) in [6.07, 6.45) is 0. The van der Waals surface area contributed by atoms with Crippen LogP contribution in [0.5, 0.6) is 0 Å². The van der Waals surface area contributed by atoms with Crippen molar-refractivity contribution >= 4 is 10.9 Å². The lowest BCUT2D eigenvalue weighted by Gasteiger charge is -2.15. The van der Waals surface area contributed by atoms with Crippen molar-refractivity contribution in [3.63, 3.8) is 0 Å². The Morgan fingerprint density at radius 1 is 0.773 bits per heavy atom. The van der Waals surface area contributed by atoms with E-state index in [9.17, 15) is 0 Å². The van der Waals surface area contributed by atoms with Gasteiger partial charge in [0.15, 0.2) is 0 Å². The van der Waals surface area contributed by atoms with Gasteiger partial charge in [-0.2, -0.15) is 0 Å². The van der Waals surface area contributed by atoms with E-state index in [-0.39, 0.29) is 0 Å². The Morgan fingerprint density at radius 2 is 1.45 bits per heavy atom. The van der Waals surface area contributed by atoms with E-state index >= 15 is 0 Å². The molecule has 0 saturated carbocycles. The van der Waals surface area contributed by atoms with E-state index < -0.39 is 0 Å². The van der Waals surface area contributed by atoms with Gasteiger partial charge in [-0.1, -0.05) is 42.7 Å². The van der Waals surface area contributed by atoms with Crippen molar-refractivity contribution in [2.24, 2.45) is 0 Å². The highest BCUT2D eigenvalue weighted by Crippen LogP contribution is 2.32. The van der Waals surface area contributed by atoms with Crippen LogP contribution in [0.2, 0.25) is 0 Å². The van der Waals surface area contributed by atoms with Gasteiger partial charge in [0.05, 0.1) is 11.2 Å². The third-order valence-electron chi connectivity index (χ3n) is 4.12. The van der Waals surface area contributed by atoms with Crippen LogP contribution in [-0.4, -0.2) is 4.98 Å². The first-order valence-electron chi connectivity index (χ1n) is 7.94. The zero-order valence-corrected chi connectivity index (χ0v) is 14.1. The molecule has 3 rings (SSSR count). The van der Waals surface area contributed by atoms with Crippen molar-refractivity contribution in [1.82, 2.24) is 4.98 Å². The molecule has 3 aromatic rings. The van der Waals surface area contributed by atoms with E-state index in [1.165, 1.54) is 33.2 Å². The molecule has 1 heteroatoms. The third kappa shape index (κ3) is 2.76. The highest BCUT2D eigenvalue weighted by molar-refractivity contribution is 5.84. The van der Waals surface area contributed by atoms with Gasteiger partial charge in [0.2, 0.25) is 0 Å². The van der Waals surface area contributed by atoms with Crippen LogP contribution in [0.25, 0.3) is 22.2 Å². The summed E-state index contributed by atoms with van der Waals surface area (Å²) in [6.45, 7) is 10.9. The Kier molecular flexibility index (Phi) is 3.74. The summed E-state index contributed by atoms with van der Waals surface area (Å²) in [5, 5.41) is 1.23. The molecule has 1 heterocycles. The fourth-order valence-electron chi connectivity index (χ4n) is 3.09. The summed E-state index contributed by atoms with van der Waals surface area (Å²) >= 11 is 0. The van der Waals surface area contributed by atoms with Gasteiger partial charge in [0, 0.05) is 10.9 Å². The summed E-state index contributed by atoms with van der Waals surface area (Å²) in [7, 11) is 0. The van der Waals surface area contributed by atoms with Crippen LogP contribution in [0.1, 0.15) is 42.0 Å². The molecule has 2 aromatic carbocycles. The molecule has 0 aliphatic rings. The molecule has 0 unspecified atom stereocenters. The first-order valence-corrected chi connectivity index (χ1v) is 7.94. The van der Waals surface area contributed by atoms with Crippen LogP contribution in [0.15, 0.2) is 42.5 Å². The van der Waals surface area contributed by atoms with Crippen molar-refractivity contribution in [3.8, 4) is 11.3 Å². The second-order valence-electron chi connectivity index (χ2n) is 6.65.